The second-order valence-corrected chi connectivity index (χ2v) is 8.11. The van der Waals surface area contributed by atoms with Gasteiger partial charge in [0.2, 0.25) is 0 Å². The number of hydrogen-bond donors (Lipinski definition) is 0. The molecule has 6 heteroatoms. The summed E-state index contributed by atoms with van der Waals surface area (Å²) >= 11 is 3.22. The maximum absolute atomic E-state index is 5.03. The molecular weight excluding hydrogens is 384 g/mol. The van der Waals surface area contributed by atoms with Crippen LogP contribution in [0.1, 0.15) is 11.3 Å². The minimum absolute atomic E-state index is 0.790. The molecule has 134 valence electrons. The number of aromatic nitrogens is 3. The van der Waals surface area contributed by atoms with Gasteiger partial charge in [0, 0.05) is 21.6 Å². The van der Waals surface area contributed by atoms with E-state index >= 15 is 0 Å². The fourth-order valence-electron chi connectivity index (χ4n) is 2.92. The third kappa shape index (κ3) is 3.32. The van der Waals surface area contributed by atoms with Crippen LogP contribution in [0.5, 0.6) is 0 Å². The molecule has 4 aromatic rings. The van der Waals surface area contributed by atoms with Gasteiger partial charge in [-0.05, 0) is 30.3 Å². The molecule has 0 spiro atoms. The van der Waals surface area contributed by atoms with Crippen molar-refractivity contribution in [2.24, 2.45) is 4.99 Å². The van der Waals surface area contributed by atoms with E-state index in [1.807, 2.05) is 48.5 Å². The highest BCUT2D eigenvalue weighted by Crippen LogP contribution is 2.44. The van der Waals surface area contributed by atoms with Crippen LogP contribution in [0.15, 0.2) is 110 Å². The van der Waals surface area contributed by atoms with Gasteiger partial charge in [0.1, 0.15) is 22.1 Å². The van der Waals surface area contributed by atoms with Crippen LogP contribution in [0.2, 0.25) is 0 Å². The van der Waals surface area contributed by atoms with Gasteiger partial charge in [0.15, 0.2) is 0 Å². The molecule has 0 N–H and O–H groups in total. The quantitative estimate of drug-likeness (QED) is 0.367. The van der Waals surface area contributed by atoms with Gasteiger partial charge in [-0.1, -0.05) is 66.0 Å². The molecule has 2 aromatic heterocycles. The summed E-state index contributed by atoms with van der Waals surface area (Å²) in [5, 5.41) is 1.69. The molecule has 3 heterocycles. The highest BCUT2D eigenvalue weighted by atomic mass is 32.2. The topological polar surface area (TPSA) is 51.0 Å². The average Bonchev–Trinajstić information content (AvgIpc) is 2.92. The zero-order valence-corrected chi connectivity index (χ0v) is 16.3. The van der Waals surface area contributed by atoms with Crippen molar-refractivity contribution in [1.82, 2.24) is 15.0 Å². The molecule has 0 radical (unpaired) electrons. The fraction of sp³-hybridized carbons (Fsp3) is 0. The van der Waals surface area contributed by atoms with Gasteiger partial charge < -0.3 is 0 Å². The predicted molar refractivity (Wildman–Crippen MR) is 113 cm³/mol. The van der Waals surface area contributed by atoms with Crippen LogP contribution in [-0.4, -0.2) is 20.7 Å². The third-order valence-electron chi connectivity index (χ3n) is 4.19. The Bertz CT molecular complexity index is 1160. The highest BCUT2D eigenvalue weighted by Gasteiger charge is 2.23. The monoisotopic (exact) mass is 398 g/mol. The minimum Gasteiger partial charge on any atom is -0.255 e. The Balaban J connectivity index is 1.70. The first-order valence-corrected chi connectivity index (χ1v) is 10.4. The molecule has 0 bridgehead atoms. The molecule has 0 aliphatic carbocycles. The van der Waals surface area contributed by atoms with E-state index < -0.39 is 0 Å². The molecular formula is C22H14N4S2. The number of nitrogens with zero attached hydrogens (tertiary/aromatic N) is 4. The number of benzene rings is 2. The smallest absolute Gasteiger partial charge is 0.131 e. The Morgan fingerprint density at radius 3 is 2.43 bits per heavy atom. The third-order valence-corrected chi connectivity index (χ3v) is 6.26. The lowest BCUT2D eigenvalue weighted by atomic mass is 10.1. The van der Waals surface area contributed by atoms with Gasteiger partial charge in [-0.2, -0.15) is 0 Å². The molecule has 1 aliphatic heterocycles. The Labute approximate surface area is 171 Å². The number of hydrogen-bond acceptors (Lipinski definition) is 6. The molecule has 4 nitrogen and oxygen atoms in total. The van der Waals surface area contributed by atoms with Crippen molar-refractivity contribution in [3.63, 3.8) is 0 Å². The molecule has 2 aromatic carbocycles. The van der Waals surface area contributed by atoms with Gasteiger partial charge in [-0.15, -0.1) is 0 Å². The normalized spacial score (nSPS) is 12.5. The SMILES string of the molecule is c1ccc(Sc2ncnc3c2N=C(c2ccccn2)c2ccccc2S3)cc1. The summed E-state index contributed by atoms with van der Waals surface area (Å²) in [5.41, 5.74) is 3.52. The van der Waals surface area contributed by atoms with E-state index in [0.29, 0.717) is 0 Å². The molecule has 0 saturated carbocycles. The van der Waals surface area contributed by atoms with Crippen molar-refractivity contribution in [1.29, 1.82) is 0 Å². The molecule has 1 aliphatic rings. The van der Waals surface area contributed by atoms with Crippen molar-refractivity contribution in [2.45, 2.75) is 19.8 Å². The van der Waals surface area contributed by atoms with Gasteiger partial charge in [-0.3, -0.25) is 4.98 Å². The second-order valence-electron chi connectivity index (χ2n) is 6.02. The summed E-state index contributed by atoms with van der Waals surface area (Å²) in [6.07, 6.45) is 3.40. The van der Waals surface area contributed by atoms with Crippen molar-refractivity contribution in [3.05, 3.63) is 96.6 Å². The highest BCUT2D eigenvalue weighted by molar-refractivity contribution is 8.00. The Hall–Kier alpha value is -2.96. The number of aliphatic imine (C=N–C) groups is 1. The van der Waals surface area contributed by atoms with Crippen LogP contribution < -0.4 is 0 Å². The van der Waals surface area contributed by atoms with Crippen LogP contribution in [0.4, 0.5) is 5.69 Å². The van der Waals surface area contributed by atoms with E-state index in [4.69, 9.17) is 4.99 Å². The Morgan fingerprint density at radius 1 is 0.750 bits per heavy atom. The minimum atomic E-state index is 0.790. The van der Waals surface area contributed by atoms with Gasteiger partial charge in [-0.25, -0.2) is 15.0 Å². The summed E-state index contributed by atoms with van der Waals surface area (Å²) in [5.74, 6) is 0. The van der Waals surface area contributed by atoms with Crippen LogP contribution in [-0.2, 0) is 0 Å². The van der Waals surface area contributed by atoms with Crippen LogP contribution in [0.25, 0.3) is 0 Å². The van der Waals surface area contributed by atoms with E-state index in [-0.39, 0.29) is 0 Å². The standard InChI is InChI=1S/C22H14N4S2/c1-2-8-15(9-3-1)27-21-20-22(25-14-24-21)28-18-12-5-4-10-16(18)19(26-20)17-11-6-7-13-23-17/h1-14H. The first-order valence-electron chi connectivity index (χ1n) is 8.74. The molecule has 0 fully saturated rings. The van der Waals surface area contributed by atoms with E-state index in [9.17, 15) is 0 Å². The zero-order chi connectivity index (χ0) is 18.8. The van der Waals surface area contributed by atoms with Gasteiger partial charge in [0.05, 0.1) is 11.4 Å². The molecule has 0 amide bonds. The predicted octanol–water partition coefficient (Wildman–Crippen LogP) is 5.66. The molecule has 5 rings (SSSR count). The van der Waals surface area contributed by atoms with E-state index in [1.165, 1.54) is 0 Å². The summed E-state index contributed by atoms with van der Waals surface area (Å²) in [4.78, 5) is 20.9. The van der Waals surface area contributed by atoms with Gasteiger partial charge in [0.25, 0.3) is 0 Å². The number of fused-ring (bicyclic) bond motifs is 2. The van der Waals surface area contributed by atoms with Gasteiger partial charge >= 0.3 is 0 Å². The van der Waals surface area contributed by atoms with Crippen molar-refractivity contribution in [2.75, 3.05) is 0 Å². The molecule has 0 atom stereocenters. The maximum Gasteiger partial charge on any atom is 0.131 e. The van der Waals surface area contributed by atoms with E-state index in [1.54, 1.807) is 36.0 Å². The molecule has 0 saturated heterocycles. The van der Waals surface area contributed by atoms with E-state index in [0.717, 1.165) is 42.5 Å². The van der Waals surface area contributed by atoms with Crippen LogP contribution in [0, 0.1) is 0 Å². The summed E-state index contributed by atoms with van der Waals surface area (Å²) in [6, 6.07) is 24.3. The summed E-state index contributed by atoms with van der Waals surface area (Å²) in [7, 11) is 0. The van der Waals surface area contributed by atoms with Crippen LogP contribution in [0.3, 0.4) is 0 Å². The van der Waals surface area contributed by atoms with Crippen molar-refractivity contribution in [3.8, 4) is 0 Å². The Morgan fingerprint density at radius 2 is 1.57 bits per heavy atom. The lowest BCUT2D eigenvalue weighted by Gasteiger charge is -2.08. The van der Waals surface area contributed by atoms with Crippen molar-refractivity contribution >= 4 is 34.9 Å². The number of pyridine rings is 1. The van der Waals surface area contributed by atoms with Crippen molar-refractivity contribution < 1.29 is 0 Å². The first kappa shape index (κ1) is 17.2. The lowest BCUT2D eigenvalue weighted by molar-refractivity contribution is 0.961. The summed E-state index contributed by atoms with van der Waals surface area (Å²) in [6.45, 7) is 0. The average molecular weight is 399 g/mol. The maximum atomic E-state index is 5.03. The molecule has 0 unspecified atom stereocenters. The Kier molecular flexibility index (Phi) is 4.64. The zero-order valence-electron chi connectivity index (χ0n) is 14.7. The largest absolute Gasteiger partial charge is 0.255 e. The lowest BCUT2D eigenvalue weighted by Crippen LogP contribution is -2.06. The summed E-state index contributed by atoms with van der Waals surface area (Å²) < 4.78 is 0. The number of rotatable bonds is 3. The van der Waals surface area contributed by atoms with Crippen LogP contribution >= 0.6 is 23.5 Å². The molecule has 28 heavy (non-hydrogen) atoms. The first-order chi connectivity index (χ1) is 13.9. The second kappa shape index (κ2) is 7.58. The van der Waals surface area contributed by atoms with E-state index in [2.05, 4.69) is 39.2 Å². The fourth-order valence-corrected chi connectivity index (χ4v) is 4.81.